The van der Waals surface area contributed by atoms with Gasteiger partial charge < -0.3 is 15.0 Å². The molecule has 1 aromatic carbocycles. The fraction of sp³-hybridized carbons (Fsp3) is 0.500. The number of nitrogens with zero attached hydrogens (tertiary/aromatic N) is 1. The lowest BCUT2D eigenvalue weighted by Gasteiger charge is -2.55. The van der Waals surface area contributed by atoms with Gasteiger partial charge in [-0.25, -0.2) is 0 Å². The molecule has 2 aliphatic heterocycles. The summed E-state index contributed by atoms with van der Waals surface area (Å²) in [6.07, 6.45) is 0. The van der Waals surface area contributed by atoms with Crippen LogP contribution < -0.4 is 10.1 Å². The van der Waals surface area contributed by atoms with Crippen molar-refractivity contribution >= 4 is 17.3 Å². The minimum atomic E-state index is -0.369. The van der Waals surface area contributed by atoms with E-state index in [0.717, 1.165) is 10.9 Å². The predicted octanol–water partition coefficient (Wildman–Crippen LogP) is 2.60. The molecule has 0 aliphatic carbocycles. The molecular weight excluding hydrogens is 244 g/mol. The fourth-order valence-electron chi connectivity index (χ4n) is 2.95. The number of para-hydroxylation sites is 1. The van der Waals surface area contributed by atoms with E-state index in [0.29, 0.717) is 5.92 Å². The van der Waals surface area contributed by atoms with Gasteiger partial charge in [-0.2, -0.15) is 0 Å². The Morgan fingerprint density at radius 2 is 2.17 bits per heavy atom. The molecule has 2 heterocycles. The van der Waals surface area contributed by atoms with Gasteiger partial charge in [0.15, 0.2) is 10.8 Å². The average Bonchev–Trinajstić information content (AvgIpc) is 2.33. The van der Waals surface area contributed by atoms with E-state index in [1.54, 1.807) is 0 Å². The van der Waals surface area contributed by atoms with E-state index in [1.165, 1.54) is 11.1 Å². The molecule has 0 spiro atoms. The third kappa shape index (κ3) is 1.32. The van der Waals surface area contributed by atoms with Crippen LogP contribution in [0, 0.1) is 12.8 Å². The van der Waals surface area contributed by atoms with Crippen molar-refractivity contribution in [2.45, 2.75) is 32.5 Å². The van der Waals surface area contributed by atoms with Crippen molar-refractivity contribution in [2.24, 2.45) is 5.92 Å². The molecule has 3 unspecified atom stereocenters. The summed E-state index contributed by atoms with van der Waals surface area (Å²) in [6, 6.07) is 6.54. The summed E-state index contributed by atoms with van der Waals surface area (Å²) in [4.78, 5) is 2.03. The van der Waals surface area contributed by atoms with E-state index in [4.69, 9.17) is 17.0 Å². The second-order valence-corrected chi connectivity index (χ2v) is 5.81. The third-order valence-electron chi connectivity index (χ3n) is 4.48. The van der Waals surface area contributed by atoms with Crippen LogP contribution in [0.25, 0.3) is 0 Å². The highest BCUT2D eigenvalue weighted by Crippen LogP contribution is 2.48. The van der Waals surface area contributed by atoms with Crippen molar-refractivity contribution < 1.29 is 4.74 Å². The number of ether oxygens (including phenoxy) is 1. The number of hydrogen-bond acceptors (Lipinski definition) is 2. The number of thiocarbonyl (C=S) groups is 1. The van der Waals surface area contributed by atoms with Crippen molar-refractivity contribution in [2.75, 3.05) is 7.05 Å². The SMILES string of the molecule is Cc1cccc2c1OC1(C)C(C)C2NC(=S)N1C. The highest BCUT2D eigenvalue weighted by molar-refractivity contribution is 7.80. The highest BCUT2D eigenvalue weighted by Gasteiger charge is 2.52. The van der Waals surface area contributed by atoms with Crippen molar-refractivity contribution in [1.29, 1.82) is 0 Å². The molecule has 4 heteroatoms. The third-order valence-corrected chi connectivity index (χ3v) is 4.87. The molecule has 1 aromatic rings. The molecule has 96 valence electrons. The van der Waals surface area contributed by atoms with Crippen molar-refractivity contribution in [1.82, 2.24) is 10.2 Å². The van der Waals surface area contributed by atoms with Crippen molar-refractivity contribution in [3.8, 4) is 5.75 Å². The van der Waals surface area contributed by atoms with Gasteiger partial charge in [0.1, 0.15) is 5.75 Å². The molecule has 2 bridgehead atoms. The summed E-state index contributed by atoms with van der Waals surface area (Å²) in [5.41, 5.74) is 2.03. The van der Waals surface area contributed by atoms with E-state index in [2.05, 4.69) is 44.3 Å². The maximum absolute atomic E-state index is 6.31. The largest absolute Gasteiger partial charge is 0.467 e. The maximum Gasteiger partial charge on any atom is 0.186 e. The van der Waals surface area contributed by atoms with Gasteiger partial charge >= 0.3 is 0 Å². The first-order valence-electron chi connectivity index (χ1n) is 6.28. The normalized spacial score (nSPS) is 33.6. The molecule has 1 fully saturated rings. The van der Waals surface area contributed by atoms with Crippen LogP contribution >= 0.6 is 12.2 Å². The Hall–Kier alpha value is -1.29. The van der Waals surface area contributed by atoms with Gasteiger partial charge in [0, 0.05) is 18.5 Å². The van der Waals surface area contributed by atoms with E-state index < -0.39 is 0 Å². The van der Waals surface area contributed by atoms with Gasteiger partial charge in [-0.1, -0.05) is 25.1 Å². The first kappa shape index (κ1) is 11.8. The number of hydrogen-bond donors (Lipinski definition) is 1. The van der Waals surface area contributed by atoms with Gasteiger partial charge in [0.2, 0.25) is 0 Å². The zero-order valence-electron chi connectivity index (χ0n) is 11.2. The predicted molar refractivity (Wildman–Crippen MR) is 75.6 cm³/mol. The zero-order chi connectivity index (χ0) is 13.1. The van der Waals surface area contributed by atoms with Gasteiger partial charge in [-0.05, 0) is 31.6 Å². The number of fused-ring (bicyclic) bond motifs is 4. The highest BCUT2D eigenvalue weighted by atomic mass is 32.1. The number of rotatable bonds is 0. The van der Waals surface area contributed by atoms with E-state index >= 15 is 0 Å². The summed E-state index contributed by atoms with van der Waals surface area (Å²) in [5, 5.41) is 4.19. The lowest BCUT2D eigenvalue weighted by atomic mass is 9.80. The van der Waals surface area contributed by atoms with Gasteiger partial charge in [0.25, 0.3) is 0 Å². The minimum Gasteiger partial charge on any atom is -0.467 e. The topological polar surface area (TPSA) is 24.5 Å². The molecular formula is C14H18N2OS. The lowest BCUT2D eigenvalue weighted by Crippen LogP contribution is -2.67. The van der Waals surface area contributed by atoms with Crippen LogP contribution in [-0.2, 0) is 0 Å². The Kier molecular flexibility index (Phi) is 2.36. The van der Waals surface area contributed by atoms with Crippen LogP contribution in [0.15, 0.2) is 18.2 Å². The Morgan fingerprint density at radius 3 is 2.89 bits per heavy atom. The molecule has 3 rings (SSSR count). The second-order valence-electron chi connectivity index (χ2n) is 5.42. The Balaban J connectivity index is 2.20. The van der Waals surface area contributed by atoms with Crippen LogP contribution in [0.2, 0.25) is 0 Å². The molecule has 18 heavy (non-hydrogen) atoms. The standard InChI is InChI=1S/C14H18N2OS/c1-8-6-5-7-10-11-9(2)14(3,17-12(8)10)16(4)13(18)15-11/h5-7,9,11H,1-4H3,(H,15,18). The average molecular weight is 262 g/mol. The lowest BCUT2D eigenvalue weighted by molar-refractivity contribution is -0.100. The first-order valence-corrected chi connectivity index (χ1v) is 6.69. The van der Waals surface area contributed by atoms with Crippen molar-refractivity contribution in [3.63, 3.8) is 0 Å². The van der Waals surface area contributed by atoms with Gasteiger partial charge in [-0.3, -0.25) is 0 Å². The smallest absolute Gasteiger partial charge is 0.186 e. The summed E-state index contributed by atoms with van der Waals surface area (Å²) >= 11 is 5.40. The first-order chi connectivity index (χ1) is 8.45. The molecule has 2 aliphatic rings. The van der Waals surface area contributed by atoms with Gasteiger partial charge in [-0.15, -0.1) is 0 Å². The molecule has 0 saturated carbocycles. The second kappa shape index (κ2) is 3.60. The monoisotopic (exact) mass is 262 g/mol. The Bertz CT molecular complexity index is 531. The minimum absolute atomic E-state index is 0.238. The van der Waals surface area contributed by atoms with Crippen LogP contribution in [0.3, 0.4) is 0 Å². The van der Waals surface area contributed by atoms with Crippen LogP contribution in [-0.4, -0.2) is 22.8 Å². The summed E-state index contributed by atoms with van der Waals surface area (Å²) in [5.74, 6) is 1.34. The Labute approximate surface area is 113 Å². The number of nitrogens with one attached hydrogen (secondary N) is 1. The van der Waals surface area contributed by atoms with Crippen LogP contribution in [0.5, 0.6) is 5.75 Å². The zero-order valence-corrected chi connectivity index (χ0v) is 12.0. The molecule has 0 aromatic heterocycles. The maximum atomic E-state index is 6.31. The molecule has 0 radical (unpaired) electrons. The van der Waals surface area contributed by atoms with Crippen LogP contribution in [0.1, 0.15) is 31.0 Å². The molecule has 3 atom stereocenters. The van der Waals surface area contributed by atoms with Crippen molar-refractivity contribution in [3.05, 3.63) is 29.3 Å². The van der Waals surface area contributed by atoms with E-state index in [1.807, 2.05) is 11.9 Å². The molecule has 1 saturated heterocycles. The Morgan fingerprint density at radius 1 is 1.44 bits per heavy atom. The summed E-state index contributed by atoms with van der Waals surface area (Å²) in [6.45, 7) is 6.42. The fourth-order valence-corrected chi connectivity index (χ4v) is 3.25. The van der Waals surface area contributed by atoms with E-state index in [-0.39, 0.29) is 11.8 Å². The van der Waals surface area contributed by atoms with E-state index in [9.17, 15) is 0 Å². The number of aryl methyl sites for hydroxylation is 1. The van der Waals surface area contributed by atoms with Crippen LogP contribution in [0.4, 0.5) is 0 Å². The quantitative estimate of drug-likeness (QED) is 0.726. The van der Waals surface area contributed by atoms with Gasteiger partial charge in [0.05, 0.1) is 6.04 Å². The molecule has 3 nitrogen and oxygen atoms in total. The molecule has 0 amide bonds. The summed E-state index contributed by atoms with van der Waals surface area (Å²) < 4.78 is 6.31. The molecule has 1 N–H and O–H groups in total. The number of benzene rings is 1. The summed E-state index contributed by atoms with van der Waals surface area (Å²) in [7, 11) is 1.99.